The summed E-state index contributed by atoms with van der Waals surface area (Å²) < 4.78 is 33.6. The van der Waals surface area contributed by atoms with Crippen LogP contribution >= 0.6 is 0 Å². The summed E-state index contributed by atoms with van der Waals surface area (Å²) >= 11 is 0. The summed E-state index contributed by atoms with van der Waals surface area (Å²) in [6, 6.07) is 0.184. The molecule has 1 saturated carbocycles. The molecule has 0 radical (unpaired) electrons. The van der Waals surface area contributed by atoms with Crippen molar-refractivity contribution in [3.05, 3.63) is 0 Å². The first kappa shape index (κ1) is 17.6. The number of morpholine rings is 1. The monoisotopic (exact) mass is 345 g/mol. The number of rotatable bonds is 6. The summed E-state index contributed by atoms with van der Waals surface area (Å²) in [4.78, 5) is 4.75. The van der Waals surface area contributed by atoms with E-state index in [1.807, 2.05) is 0 Å². The largest absolute Gasteiger partial charge is 0.379 e. The second-order valence-electron chi connectivity index (χ2n) is 7.16. The van der Waals surface area contributed by atoms with Gasteiger partial charge in [0.25, 0.3) is 0 Å². The van der Waals surface area contributed by atoms with E-state index < -0.39 is 10.0 Å². The van der Waals surface area contributed by atoms with Crippen molar-refractivity contribution in [1.29, 1.82) is 0 Å². The minimum atomic E-state index is -3.17. The van der Waals surface area contributed by atoms with Crippen molar-refractivity contribution in [1.82, 2.24) is 14.5 Å². The molecule has 134 valence electrons. The smallest absolute Gasteiger partial charge is 0.215 e. The highest BCUT2D eigenvalue weighted by Crippen LogP contribution is 2.22. The lowest BCUT2D eigenvalue weighted by molar-refractivity contribution is 0.0325. The van der Waals surface area contributed by atoms with E-state index in [2.05, 4.69) is 14.5 Å². The third kappa shape index (κ3) is 5.13. The quantitative estimate of drug-likeness (QED) is 0.766. The molecule has 7 heteroatoms. The minimum Gasteiger partial charge on any atom is -0.379 e. The number of sulfonamides is 1. The number of hydrogen-bond acceptors (Lipinski definition) is 5. The molecular weight excluding hydrogens is 314 g/mol. The Hall–Kier alpha value is -0.210. The van der Waals surface area contributed by atoms with Crippen molar-refractivity contribution in [2.45, 2.75) is 49.8 Å². The first-order valence-corrected chi connectivity index (χ1v) is 10.7. The molecule has 0 spiro atoms. The van der Waals surface area contributed by atoms with E-state index in [-0.39, 0.29) is 11.3 Å². The molecule has 3 fully saturated rings. The van der Waals surface area contributed by atoms with Crippen LogP contribution in [0.5, 0.6) is 0 Å². The molecule has 2 aliphatic heterocycles. The van der Waals surface area contributed by atoms with Gasteiger partial charge in [-0.1, -0.05) is 12.8 Å². The Morgan fingerprint density at radius 3 is 2.35 bits per heavy atom. The maximum atomic E-state index is 12.6. The van der Waals surface area contributed by atoms with E-state index in [1.54, 1.807) is 0 Å². The molecule has 1 atom stereocenters. The van der Waals surface area contributed by atoms with Crippen LogP contribution in [-0.4, -0.2) is 82.0 Å². The second kappa shape index (κ2) is 8.25. The number of ether oxygens (including phenoxy) is 1. The molecule has 0 aromatic rings. The third-order valence-corrected chi connectivity index (χ3v) is 7.35. The van der Waals surface area contributed by atoms with Crippen LogP contribution in [0.4, 0.5) is 0 Å². The highest BCUT2D eigenvalue weighted by Gasteiger charge is 2.33. The Bertz CT molecular complexity index is 459. The van der Waals surface area contributed by atoms with Crippen molar-refractivity contribution in [3.63, 3.8) is 0 Å². The lowest BCUT2D eigenvalue weighted by atomic mass is 10.1. The van der Waals surface area contributed by atoms with E-state index in [0.29, 0.717) is 6.54 Å². The van der Waals surface area contributed by atoms with E-state index >= 15 is 0 Å². The van der Waals surface area contributed by atoms with Crippen LogP contribution in [0.2, 0.25) is 0 Å². The molecule has 1 aliphatic carbocycles. The van der Waals surface area contributed by atoms with Crippen LogP contribution in [0.15, 0.2) is 0 Å². The van der Waals surface area contributed by atoms with Gasteiger partial charge in [-0.3, -0.25) is 4.90 Å². The molecular formula is C16H31N3O3S. The minimum absolute atomic E-state index is 0.184. The molecule has 0 aromatic carbocycles. The Morgan fingerprint density at radius 2 is 1.61 bits per heavy atom. The number of piperidine rings is 1. The molecule has 3 rings (SSSR count). The van der Waals surface area contributed by atoms with Crippen LogP contribution in [0, 0.1) is 0 Å². The lowest BCUT2D eigenvalue weighted by Crippen LogP contribution is -2.50. The zero-order chi connectivity index (χ0) is 16.1. The van der Waals surface area contributed by atoms with Crippen LogP contribution in [0.3, 0.4) is 0 Å². The summed E-state index contributed by atoms with van der Waals surface area (Å²) in [5.41, 5.74) is 0. The standard InChI is InChI=1S/C16H31N3O3S/c20-23(21,17-15-4-1-2-5-15)16-6-3-7-19(14-16)9-8-18-10-12-22-13-11-18/h15-17H,1-14H2. The zero-order valence-corrected chi connectivity index (χ0v) is 14.9. The van der Waals surface area contributed by atoms with Gasteiger partial charge >= 0.3 is 0 Å². The van der Waals surface area contributed by atoms with E-state index in [9.17, 15) is 8.42 Å². The van der Waals surface area contributed by atoms with Gasteiger partial charge in [0.15, 0.2) is 0 Å². The van der Waals surface area contributed by atoms with Crippen molar-refractivity contribution >= 4 is 10.0 Å². The Kier molecular flexibility index (Phi) is 6.31. The number of likely N-dealkylation sites (tertiary alicyclic amines) is 1. The highest BCUT2D eigenvalue weighted by atomic mass is 32.2. The summed E-state index contributed by atoms with van der Waals surface area (Å²) in [7, 11) is -3.17. The Labute approximate surface area is 140 Å². The molecule has 1 N–H and O–H groups in total. The second-order valence-corrected chi connectivity index (χ2v) is 9.16. The van der Waals surface area contributed by atoms with Gasteiger partial charge in [-0.2, -0.15) is 0 Å². The van der Waals surface area contributed by atoms with E-state index in [1.165, 1.54) is 0 Å². The van der Waals surface area contributed by atoms with Crippen LogP contribution in [0.25, 0.3) is 0 Å². The molecule has 0 amide bonds. The molecule has 2 heterocycles. The molecule has 0 aromatic heterocycles. The number of hydrogen-bond donors (Lipinski definition) is 1. The summed E-state index contributed by atoms with van der Waals surface area (Å²) in [5, 5.41) is -0.235. The number of nitrogens with zero attached hydrogens (tertiary/aromatic N) is 2. The van der Waals surface area contributed by atoms with Crippen molar-refractivity contribution in [3.8, 4) is 0 Å². The summed E-state index contributed by atoms with van der Waals surface area (Å²) in [5.74, 6) is 0. The SMILES string of the molecule is O=S(=O)(NC1CCCC1)C1CCCN(CCN2CCOCC2)C1. The van der Waals surface area contributed by atoms with Gasteiger partial charge in [-0.05, 0) is 32.2 Å². The van der Waals surface area contributed by atoms with E-state index in [0.717, 1.165) is 84.5 Å². The molecule has 6 nitrogen and oxygen atoms in total. The Balaban J connectivity index is 1.46. The van der Waals surface area contributed by atoms with Crippen molar-refractivity contribution < 1.29 is 13.2 Å². The lowest BCUT2D eigenvalue weighted by Gasteiger charge is -2.35. The van der Waals surface area contributed by atoms with Crippen molar-refractivity contribution in [2.75, 3.05) is 52.5 Å². The fourth-order valence-electron chi connectivity index (χ4n) is 3.95. The van der Waals surface area contributed by atoms with Gasteiger partial charge in [0.1, 0.15) is 0 Å². The molecule has 0 bridgehead atoms. The van der Waals surface area contributed by atoms with Crippen LogP contribution in [-0.2, 0) is 14.8 Å². The predicted molar refractivity (Wildman–Crippen MR) is 91.0 cm³/mol. The maximum absolute atomic E-state index is 12.6. The predicted octanol–water partition coefficient (Wildman–Crippen LogP) is 0.645. The average Bonchev–Trinajstić information content (AvgIpc) is 3.06. The molecule has 23 heavy (non-hydrogen) atoms. The number of nitrogens with one attached hydrogen (secondary N) is 1. The first-order valence-electron chi connectivity index (χ1n) is 9.17. The Morgan fingerprint density at radius 1 is 0.913 bits per heavy atom. The van der Waals surface area contributed by atoms with Gasteiger partial charge in [-0.15, -0.1) is 0 Å². The van der Waals surface area contributed by atoms with Gasteiger partial charge < -0.3 is 9.64 Å². The van der Waals surface area contributed by atoms with Gasteiger partial charge in [-0.25, -0.2) is 13.1 Å². The van der Waals surface area contributed by atoms with E-state index in [4.69, 9.17) is 4.74 Å². The zero-order valence-electron chi connectivity index (χ0n) is 14.1. The summed E-state index contributed by atoms with van der Waals surface area (Å²) in [6.45, 7) is 7.34. The molecule has 2 saturated heterocycles. The van der Waals surface area contributed by atoms with Gasteiger partial charge in [0.05, 0.1) is 18.5 Å². The maximum Gasteiger partial charge on any atom is 0.215 e. The van der Waals surface area contributed by atoms with Crippen LogP contribution < -0.4 is 4.72 Å². The van der Waals surface area contributed by atoms with Crippen LogP contribution in [0.1, 0.15) is 38.5 Å². The molecule has 1 unspecified atom stereocenters. The third-order valence-electron chi connectivity index (χ3n) is 5.42. The topological polar surface area (TPSA) is 61.9 Å². The fraction of sp³-hybridized carbons (Fsp3) is 1.00. The van der Waals surface area contributed by atoms with Gasteiger partial charge in [0, 0.05) is 38.8 Å². The fourth-order valence-corrected chi connectivity index (χ4v) is 5.73. The average molecular weight is 346 g/mol. The molecule has 3 aliphatic rings. The van der Waals surface area contributed by atoms with Crippen molar-refractivity contribution in [2.24, 2.45) is 0 Å². The summed E-state index contributed by atoms with van der Waals surface area (Å²) in [6.07, 6.45) is 6.11. The van der Waals surface area contributed by atoms with Gasteiger partial charge in [0.2, 0.25) is 10.0 Å². The highest BCUT2D eigenvalue weighted by molar-refractivity contribution is 7.90. The normalized spacial score (nSPS) is 29.1. The first-order chi connectivity index (χ1) is 11.1.